The zero-order valence-corrected chi connectivity index (χ0v) is 12.3. The fraction of sp³-hybridized carbons (Fsp3) is 0.250. The van der Waals surface area contributed by atoms with Crippen LogP contribution >= 0.6 is 22.9 Å². The van der Waals surface area contributed by atoms with Gasteiger partial charge in [0.1, 0.15) is 5.82 Å². The third-order valence-corrected chi connectivity index (χ3v) is 3.91. The molecule has 20 heavy (non-hydrogen) atoms. The van der Waals surface area contributed by atoms with Crippen molar-refractivity contribution >= 4 is 40.3 Å². The lowest BCUT2D eigenvalue weighted by atomic mass is 10.3. The summed E-state index contributed by atoms with van der Waals surface area (Å²) in [6, 6.07) is 6.79. The van der Waals surface area contributed by atoms with Crippen LogP contribution < -0.4 is 10.6 Å². The molecule has 2 rings (SSSR count). The molecule has 0 radical (unpaired) electrons. The molecule has 0 saturated carbocycles. The third kappa shape index (κ3) is 3.58. The standard InChI is InChI=1S/C12H13ClN4O2S/c1-14-11-5-3-9(17(18)19)12(16-11)15-7-6-8-2-4-10(13)20-8/h2-5H,6-7H2,1H3,(H2,14,15,16). The summed E-state index contributed by atoms with van der Waals surface area (Å²) < 4.78 is 0.737. The number of thiophene rings is 1. The SMILES string of the molecule is CNc1ccc([N+](=O)[O-])c(NCCc2ccc(Cl)s2)n1. The minimum atomic E-state index is -0.448. The summed E-state index contributed by atoms with van der Waals surface area (Å²) in [6.45, 7) is 0.553. The van der Waals surface area contributed by atoms with Gasteiger partial charge in [0, 0.05) is 24.5 Å². The molecule has 0 aliphatic heterocycles. The van der Waals surface area contributed by atoms with E-state index in [0.29, 0.717) is 12.4 Å². The van der Waals surface area contributed by atoms with Crippen molar-refractivity contribution in [3.05, 3.63) is 43.6 Å². The number of hydrogen-bond acceptors (Lipinski definition) is 6. The summed E-state index contributed by atoms with van der Waals surface area (Å²) >= 11 is 7.35. The van der Waals surface area contributed by atoms with Crippen molar-refractivity contribution in [1.29, 1.82) is 0 Å². The van der Waals surface area contributed by atoms with Crippen LogP contribution in [0.25, 0.3) is 0 Å². The second-order valence-corrected chi connectivity index (χ2v) is 5.75. The van der Waals surface area contributed by atoms with Gasteiger partial charge in [-0.2, -0.15) is 0 Å². The van der Waals surface area contributed by atoms with Crippen molar-refractivity contribution in [3.63, 3.8) is 0 Å². The fourth-order valence-corrected chi connectivity index (χ4v) is 2.75. The number of nitrogens with zero attached hydrogens (tertiary/aromatic N) is 2. The van der Waals surface area contributed by atoms with Gasteiger partial charge in [0.05, 0.1) is 9.26 Å². The Hall–Kier alpha value is -1.86. The predicted octanol–water partition coefficient (Wildman–Crippen LogP) is 3.40. The quantitative estimate of drug-likeness (QED) is 0.631. The van der Waals surface area contributed by atoms with Crippen LogP contribution in [0.1, 0.15) is 4.88 Å². The van der Waals surface area contributed by atoms with Gasteiger partial charge in [-0.1, -0.05) is 11.6 Å². The Labute approximate surface area is 124 Å². The van der Waals surface area contributed by atoms with E-state index in [0.717, 1.165) is 15.6 Å². The van der Waals surface area contributed by atoms with E-state index in [1.165, 1.54) is 17.4 Å². The van der Waals surface area contributed by atoms with Gasteiger partial charge < -0.3 is 10.6 Å². The Morgan fingerprint density at radius 2 is 2.20 bits per heavy atom. The molecule has 0 aliphatic carbocycles. The molecule has 2 aromatic heterocycles. The molecular weight excluding hydrogens is 300 g/mol. The van der Waals surface area contributed by atoms with E-state index in [-0.39, 0.29) is 11.5 Å². The van der Waals surface area contributed by atoms with Crippen LogP contribution in [0.5, 0.6) is 0 Å². The van der Waals surface area contributed by atoms with Gasteiger partial charge in [-0.15, -0.1) is 11.3 Å². The number of nitro groups is 1. The first-order valence-electron chi connectivity index (χ1n) is 5.91. The summed E-state index contributed by atoms with van der Waals surface area (Å²) in [7, 11) is 1.71. The molecule has 2 N–H and O–H groups in total. The summed E-state index contributed by atoms with van der Waals surface area (Å²) in [5.74, 6) is 0.849. The molecule has 0 fully saturated rings. The Bertz CT molecular complexity index is 617. The van der Waals surface area contributed by atoms with Gasteiger partial charge >= 0.3 is 5.69 Å². The molecule has 8 heteroatoms. The Morgan fingerprint density at radius 3 is 2.80 bits per heavy atom. The zero-order chi connectivity index (χ0) is 14.5. The minimum absolute atomic E-state index is 0.0341. The monoisotopic (exact) mass is 312 g/mol. The normalized spacial score (nSPS) is 10.3. The second-order valence-electron chi connectivity index (χ2n) is 3.95. The van der Waals surface area contributed by atoms with Crippen molar-refractivity contribution in [2.75, 3.05) is 24.2 Å². The van der Waals surface area contributed by atoms with Gasteiger partial charge in [-0.3, -0.25) is 10.1 Å². The summed E-state index contributed by atoms with van der Waals surface area (Å²) in [5.41, 5.74) is -0.0341. The molecule has 0 unspecified atom stereocenters. The van der Waals surface area contributed by atoms with E-state index in [2.05, 4.69) is 15.6 Å². The van der Waals surface area contributed by atoms with E-state index >= 15 is 0 Å². The van der Waals surface area contributed by atoms with Crippen molar-refractivity contribution in [2.24, 2.45) is 0 Å². The molecule has 2 aromatic rings. The van der Waals surface area contributed by atoms with Gasteiger partial charge in [-0.05, 0) is 24.6 Å². The van der Waals surface area contributed by atoms with Crippen LogP contribution in [0.15, 0.2) is 24.3 Å². The van der Waals surface area contributed by atoms with Gasteiger partial charge in [0.25, 0.3) is 0 Å². The maximum Gasteiger partial charge on any atom is 0.311 e. The highest BCUT2D eigenvalue weighted by Crippen LogP contribution is 2.25. The predicted molar refractivity (Wildman–Crippen MR) is 82.0 cm³/mol. The van der Waals surface area contributed by atoms with Crippen LogP contribution in [0, 0.1) is 10.1 Å². The molecule has 0 aliphatic rings. The first-order chi connectivity index (χ1) is 9.60. The molecular formula is C12H13ClN4O2S. The third-order valence-electron chi connectivity index (χ3n) is 2.62. The van der Waals surface area contributed by atoms with Crippen LogP contribution in [0.2, 0.25) is 4.34 Å². The average molecular weight is 313 g/mol. The smallest absolute Gasteiger partial charge is 0.311 e. The summed E-state index contributed by atoms with van der Waals surface area (Å²) in [5, 5.41) is 16.8. The molecule has 0 amide bonds. The van der Waals surface area contributed by atoms with Gasteiger partial charge in [0.15, 0.2) is 0 Å². The number of anilines is 2. The maximum atomic E-state index is 10.9. The highest BCUT2D eigenvalue weighted by Gasteiger charge is 2.15. The lowest BCUT2D eigenvalue weighted by Gasteiger charge is -2.07. The second kappa shape index (κ2) is 6.53. The van der Waals surface area contributed by atoms with E-state index in [9.17, 15) is 10.1 Å². The van der Waals surface area contributed by atoms with E-state index in [1.807, 2.05) is 12.1 Å². The number of rotatable bonds is 6. The number of pyridine rings is 1. The van der Waals surface area contributed by atoms with Crippen LogP contribution in [0.4, 0.5) is 17.3 Å². The molecule has 0 spiro atoms. The van der Waals surface area contributed by atoms with Crippen molar-refractivity contribution < 1.29 is 4.92 Å². The molecule has 0 atom stereocenters. The van der Waals surface area contributed by atoms with Crippen molar-refractivity contribution in [3.8, 4) is 0 Å². The number of halogens is 1. The Balaban J connectivity index is 2.05. The van der Waals surface area contributed by atoms with E-state index in [1.54, 1.807) is 13.1 Å². The van der Waals surface area contributed by atoms with Crippen molar-refractivity contribution in [2.45, 2.75) is 6.42 Å². The lowest BCUT2D eigenvalue weighted by Crippen LogP contribution is -2.09. The van der Waals surface area contributed by atoms with Gasteiger partial charge in [-0.25, -0.2) is 4.98 Å². The zero-order valence-electron chi connectivity index (χ0n) is 10.7. The fourth-order valence-electron chi connectivity index (χ4n) is 1.66. The number of nitrogens with one attached hydrogen (secondary N) is 2. The largest absolute Gasteiger partial charge is 0.373 e. The molecule has 6 nitrogen and oxygen atoms in total. The maximum absolute atomic E-state index is 10.9. The lowest BCUT2D eigenvalue weighted by molar-refractivity contribution is -0.384. The first-order valence-corrected chi connectivity index (χ1v) is 7.11. The van der Waals surface area contributed by atoms with Crippen LogP contribution in [-0.4, -0.2) is 23.5 Å². The van der Waals surface area contributed by atoms with E-state index in [4.69, 9.17) is 11.6 Å². The highest BCUT2D eigenvalue weighted by atomic mass is 35.5. The highest BCUT2D eigenvalue weighted by molar-refractivity contribution is 7.16. The minimum Gasteiger partial charge on any atom is -0.373 e. The first kappa shape index (κ1) is 14.5. The molecule has 0 aromatic carbocycles. The molecule has 0 saturated heterocycles. The Morgan fingerprint density at radius 1 is 1.40 bits per heavy atom. The van der Waals surface area contributed by atoms with Crippen molar-refractivity contribution in [1.82, 2.24) is 4.98 Å². The van der Waals surface area contributed by atoms with Gasteiger partial charge in [0.2, 0.25) is 5.82 Å². The molecule has 106 valence electrons. The Kier molecular flexibility index (Phi) is 4.75. The van der Waals surface area contributed by atoms with Crippen LogP contribution in [-0.2, 0) is 6.42 Å². The number of aromatic nitrogens is 1. The van der Waals surface area contributed by atoms with E-state index < -0.39 is 4.92 Å². The summed E-state index contributed by atoms with van der Waals surface area (Å²) in [4.78, 5) is 15.8. The molecule has 2 heterocycles. The van der Waals surface area contributed by atoms with Crippen LogP contribution in [0.3, 0.4) is 0 Å². The summed E-state index contributed by atoms with van der Waals surface area (Å²) in [6.07, 6.45) is 0.736. The average Bonchev–Trinajstić information content (AvgIpc) is 2.84. The molecule has 0 bridgehead atoms. The topological polar surface area (TPSA) is 80.1 Å². The number of hydrogen-bond donors (Lipinski definition) is 2.